The summed E-state index contributed by atoms with van der Waals surface area (Å²) in [6, 6.07) is 10.0. The van der Waals surface area contributed by atoms with Crippen LogP contribution in [0.2, 0.25) is 10.0 Å². The zero-order chi connectivity index (χ0) is 26.3. The number of carboxylic acids is 1. The number of carbonyl (C=O) groups is 2. The van der Waals surface area contributed by atoms with Crippen molar-refractivity contribution in [2.24, 2.45) is 7.05 Å². The third kappa shape index (κ3) is 4.83. The number of alkyl carbamates (subject to hydrolysis) is 1. The first-order chi connectivity index (χ1) is 17.7. The van der Waals surface area contributed by atoms with E-state index in [1.807, 2.05) is 0 Å². The molecule has 2 aliphatic rings. The number of fused-ring (bicyclic) bond motifs is 1. The highest BCUT2D eigenvalue weighted by atomic mass is 35.5. The van der Waals surface area contributed by atoms with Crippen LogP contribution in [0.1, 0.15) is 34.3 Å². The third-order valence-corrected chi connectivity index (χ3v) is 7.67. The Labute approximate surface area is 222 Å². The van der Waals surface area contributed by atoms with Gasteiger partial charge in [-0.15, -0.1) is 0 Å². The van der Waals surface area contributed by atoms with Crippen LogP contribution in [-0.2, 0) is 22.1 Å². The monoisotopic (exact) mass is 549 g/mol. The summed E-state index contributed by atoms with van der Waals surface area (Å²) in [5.41, 5.74) is 1.50. The van der Waals surface area contributed by atoms with Crippen LogP contribution < -0.4 is 15.4 Å². The maximum Gasteiger partial charge on any atom is 0.407 e. The van der Waals surface area contributed by atoms with Crippen molar-refractivity contribution in [3.05, 3.63) is 63.3 Å². The topological polar surface area (TPSA) is 131 Å². The third-order valence-electron chi connectivity index (χ3n) is 6.80. The number of halogens is 2. The van der Waals surface area contributed by atoms with E-state index in [-0.39, 0.29) is 22.2 Å². The molecule has 0 saturated carbocycles. The van der Waals surface area contributed by atoms with Gasteiger partial charge in [-0.05, 0) is 30.2 Å². The Balaban J connectivity index is 1.42. The predicted octanol–water partition coefficient (Wildman–Crippen LogP) is 3.57. The second-order valence-electron chi connectivity index (χ2n) is 9.10. The molecule has 2 saturated heterocycles. The summed E-state index contributed by atoms with van der Waals surface area (Å²) in [6.07, 6.45) is -1.46. The van der Waals surface area contributed by atoms with E-state index in [1.165, 1.54) is 12.1 Å². The number of carboxylic acid groups (broad SMARTS) is 1. The number of amides is 1. The minimum atomic E-state index is -1.11. The number of aliphatic hydroxyl groups excluding tert-OH is 1. The Morgan fingerprint density at radius 3 is 2.68 bits per heavy atom. The average molecular weight is 550 g/mol. The molecule has 1 amide bonds. The zero-order valence-electron chi connectivity index (χ0n) is 19.8. The minimum absolute atomic E-state index is 0.102. The van der Waals surface area contributed by atoms with Crippen molar-refractivity contribution in [2.75, 3.05) is 26.4 Å². The van der Waals surface area contributed by atoms with Crippen LogP contribution in [-0.4, -0.2) is 59.3 Å². The van der Waals surface area contributed by atoms with Crippen LogP contribution in [0, 0.1) is 0 Å². The summed E-state index contributed by atoms with van der Waals surface area (Å²) in [4.78, 5) is 22.5. The van der Waals surface area contributed by atoms with Crippen molar-refractivity contribution in [3.8, 4) is 5.75 Å². The van der Waals surface area contributed by atoms with Gasteiger partial charge in [0.05, 0.1) is 40.5 Å². The second-order valence-corrected chi connectivity index (χ2v) is 9.85. The van der Waals surface area contributed by atoms with Crippen molar-refractivity contribution in [2.45, 2.75) is 24.3 Å². The van der Waals surface area contributed by atoms with Gasteiger partial charge in [0, 0.05) is 25.1 Å². The Hall–Kier alpha value is -3.02. The van der Waals surface area contributed by atoms with E-state index >= 15 is 0 Å². The van der Waals surface area contributed by atoms with Gasteiger partial charge in [0.15, 0.2) is 6.10 Å². The van der Waals surface area contributed by atoms with Gasteiger partial charge in [-0.3, -0.25) is 5.32 Å². The van der Waals surface area contributed by atoms with E-state index in [0.717, 1.165) is 5.56 Å². The van der Waals surface area contributed by atoms with Gasteiger partial charge in [0.2, 0.25) is 0 Å². The molecule has 3 atom stereocenters. The molecule has 4 N–H and O–H groups in total. The molecule has 2 aromatic carbocycles. The number of aromatic nitrogens is 1. The lowest BCUT2D eigenvalue weighted by Crippen LogP contribution is -2.45. The highest BCUT2D eigenvalue weighted by Gasteiger charge is 2.39. The number of rotatable bonds is 8. The van der Waals surface area contributed by atoms with Gasteiger partial charge in [0.25, 0.3) is 0 Å². The molecule has 2 aliphatic heterocycles. The number of benzene rings is 2. The highest BCUT2D eigenvalue weighted by Crippen LogP contribution is 2.41. The number of nitrogens with zero attached hydrogens (tertiary/aromatic N) is 1. The summed E-state index contributed by atoms with van der Waals surface area (Å²) >= 11 is 13.1. The van der Waals surface area contributed by atoms with Gasteiger partial charge < -0.3 is 34.3 Å². The molecule has 1 aromatic heterocycles. The van der Waals surface area contributed by atoms with E-state index < -0.39 is 29.9 Å². The number of hydrogen-bond donors (Lipinski definition) is 4. The standard InChI is InChI=1S/C25H25Cl2N3O7/c1-30-17-9-19(36-11-15-10-28-24(34)37-15)21(27)20(26)16(17)8-18(30)22(31)29-25(6-7-35-12-25)14-4-2-13(3-5-14)23(32)33/h2-5,8-9,15,22,29,31H,6-7,10-12H2,1H3,(H,28,34)(H,32,33). The lowest BCUT2D eigenvalue weighted by atomic mass is 9.88. The quantitative estimate of drug-likeness (QED) is 0.313. The number of aliphatic hydroxyl groups is 1. The molecule has 12 heteroatoms. The number of carbonyl (C=O) groups excluding carboxylic acids is 1. The molecular formula is C25H25Cl2N3O7. The van der Waals surface area contributed by atoms with E-state index in [1.54, 1.807) is 35.9 Å². The SMILES string of the molecule is Cn1c(C(O)NC2(c3ccc(C(=O)O)cc3)CCOC2)cc2c(Cl)c(Cl)c(OCC3CNC(=O)O3)cc21. The molecule has 37 heavy (non-hydrogen) atoms. The van der Waals surface area contributed by atoms with E-state index in [9.17, 15) is 19.8 Å². The number of aryl methyl sites for hydroxylation is 1. The van der Waals surface area contributed by atoms with Crippen molar-refractivity contribution in [3.63, 3.8) is 0 Å². The molecular weight excluding hydrogens is 525 g/mol. The molecule has 3 heterocycles. The predicted molar refractivity (Wildman–Crippen MR) is 135 cm³/mol. The Kier molecular flexibility index (Phi) is 6.95. The fraction of sp³-hybridized carbons (Fsp3) is 0.360. The van der Waals surface area contributed by atoms with Gasteiger partial charge in [0.1, 0.15) is 23.6 Å². The summed E-state index contributed by atoms with van der Waals surface area (Å²) in [6.45, 7) is 1.24. The van der Waals surface area contributed by atoms with Crippen molar-refractivity contribution in [1.82, 2.24) is 15.2 Å². The lowest BCUT2D eigenvalue weighted by Gasteiger charge is -2.32. The molecule has 0 spiro atoms. The lowest BCUT2D eigenvalue weighted by molar-refractivity contribution is 0.0692. The summed E-state index contributed by atoms with van der Waals surface area (Å²) < 4.78 is 18.3. The number of nitrogens with one attached hydrogen (secondary N) is 2. The molecule has 196 valence electrons. The smallest absolute Gasteiger partial charge is 0.407 e. The molecule has 2 fully saturated rings. The van der Waals surface area contributed by atoms with Gasteiger partial charge in [-0.2, -0.15) is 0 Å². The average Bonchev–Trinajstić information content (AvgIpc) is 3.60. The molecule has 0 bridgehead atoms. The summed E-state index contributed by atoms with van der Waals surface area (Å²) in [5, 5.41) is 27.5. The van der Waals surface area contributed by atoms with Crippen molar-refractivity contribution < 1.29 is 34.0 Å². The van der Waals surface area contributed by atoms with Crippen LogP contribution in [0.25, 0.3) is 10.9 Å². The van der Waals surface area contributed by atoms with Crippen molar-refractivity contribution in [1.29, 1.82) is 0 Å². The molecule has 0 radical (unpaired) electrons. The van der Waals surface area contributed by atoms with Crippen molar-refractivity contribution >= 4 is 46.2 Å². The minimum Gasteiger partial charge on any atom is -0.488 e. The fourth-order valence-corrected chi connectivity index (χ4v) is 5.19. The Bertz CT molecular complexity index is 1350. The second kappa shape index (κ2) is 10.0. The Morgan fingerprint density at radius 2 is 2.05 bits per heavy atom. The van der Waals surface area contributed by atoms with Crippen LogP contribution in [0.15, 0.2) is 36.4 Å². The zero-order valence-corrected chi connectivity index (χ0v) is 21.3. The normalized spacial score (nSPS) is 22.2. The molecule has 5 rings (SSSR count). The first kappa shape index (κ1) is 25.6. The highest BCUT2D eigenvalue weighted by molar-refractivity contribution is 6.46. The van der Waals surface area contributed by atoms with Crippen LogP contribution in [0.3, 0.4) is 0 Å². The first-order valence-corrected chi connectivity index (χ1v) is 12.4. The van der Waals surface area contributed by atoms with E-state index in [2.05, 4.69) is 10.6 Å². The molecule has 3 aromatic rings. The molecule has 0 aliphatic carbocycles. The van der Waals surface area contributed by atoms with Crippen LogP contribution >= 0.6 is 23.2 Å². The van der Waals surface area contributed by atoms with Gasteiger partial charge in [-0.25, -0.2) is 9.59 Å². The van der Waals surface area contributed by atoms with E-state index in [4.69, 9.17) is 37.4 Å². The summed E-state index contributed by atoms with van der Waals surface area (Å²) in [5.74, 6) is -0.678. The van der Waals surface area contributed by atoms with Gasteiger partial charge >= 0.3 is 12.1 Å². The fourth-order valence-electron chi connectivity index (χ4n) is 4.73. The first-order valence-electron chi connectivity index (χ1n) is 11.6. The molecule has 10 nitrogen and oxygen atoms in total. The number of ether oxygens (including phenoxy) is 3. The summed E-state index contributed by atoms with van der Waals surface area (Å²) in [7, 11) is 1.79. The van der Waals surface area contributed by atoms with Crippen LogP contribution in [0.4, 0.5) is 4.79 Å². The number of aromatic carboxylic acids is 1. The molecule has 3 unspecified atom stereocenters. The van der Waals surface area contributed by atoms with E-state index in [0.29, 0.717) is 48.5 Å². The van der Waals surface area contributed by atoms with Crippen LogP contribution in [0.5, 0.6) is 5.75 Å². The Morgan fingerprint density at radius 1 is 1.30 bits per heavy atom. The maximum atomic E-state index is 11.3. The van der Waals surface area contributed by atoms with Gasteiger partial charge in [-0.1, -0.05) is 35.3 Å². The number of cyclic esters (lactones) is 1. The largest absolute Gasteiger partial charge is 0.488 e. The maximum absolute atomic E-state index is 11.3. The number of hydrogen-bond acceptors (Lipinski definition) is 7.